The normalized spacial score (nSPS) is 12.1. The third kappa shape index (κ3) is 5.65. The van der Waals surface area contributed by atoms with E-state index >= 15 is 0 Å². The predicted molar refractivity (Wildman–Crippen MR) is 140 cm³/mol. The SMILES string of the molecule is CC[C@@H](CCCC(=O)NC)Nc1ncc2c(Br)nn(-c3ccc(-c4nnc(C)s4)c(CO)c3)c2n1. The van der Waals surface area contributed by atoms with Gasteiger partial charge in [0.15, 0.2) is 5.65 Å². The monoisotopic (exact) mass is 558 g/mol. The topological polar surface area (TPSA) is 131 Å². The number of aliphatic hydroxyl groups is 1. The molecule has 0 saturated carbocycles. The molecule has 0 fully saturated rings. The zero-order chi connectivity index (χ0) is 24.9. The van der Waals surface area contributed by atoms with Gasteiger partial charge in [0, 0.05) is 31.3 Å². The first-order valence-corrected chi connectivity index (χ1v) is 13.0. The van der Waals surface area contributed by atoms with Gasteiger partial charge >= 0.3 is 0 Å². The molecular formula is C23H27BrN8O2S. The molecule has 1 aromatic carbocycles. The molecule has 0 aliphatic heterocycles. The minimum atomic E-state index is -0.141. The van der Waals surface area contributed by atoms with E-state index in [1.807, 2.05) is 25.1 Å². The Bertz CT molecular complexity index is 1340. The van der Waals surface area contributed by atoms with Gasteiger partial charge in [-0.15, -0.1) is 10.2 Å². The maximum Gasteiger partial charge on any atom is 0.224 e. The Morgan fingerprint density at radius 2 is 2.14 bits per heavy atom. The summed E-state index contributed by atoms with van der Waals surface area (Å²) >= 11 is 4.99. The summed E-state index contributed by atoms with van der Waals surface area (Å²) in [4.78, 5) is 20.7. The van der Waals surface area contributed by atoms with Gasteiger partial charge in [-0.25, -0.2) is 9.67 Å². The number of fused-ring (bicyclic) bond motifs is 1. The van der Waals surface area contributed by atoms with Crippen molar-refractivity contribution < 1.29 is 9.90 Å². The summed E-state index contributed by atoms with van der Waals surface area (Å²) in [5, 5.41) is 31.4. The maximum absolute atomic E-state index is 11.5. The van der Waals surface area contributed by atoms with E-state index in [1.54, 1.807) is 17.9 Å². The number of benzene rings is 1. The standard InChI is InChI=1S/C23H27BrN8O2S/c1-4-15(6-5-7-19(34)25-3)27-23-26-11-18-20(24)31-32(21(18)28-23)16-8-9-17(14(10-16)12-33)22-30-29-13(2)35-22/h8-11,15,33H,4-7,12H2,1-3H3,(H,25,34)(H,26,27,28)/t15-/m0/s1. The molecule has 0 saturated heterocycles. The molecule has 4 rings (SSSR count). The van der Waals surface area contributed by atoms with E-state index in [9.17, 15) is 9.90 Å². The van der Waals surface area contributed by atoms with Crippen LogP contribution in [0.3, 0.4) is 0 Å². The van der Waals surface area contributed by atoms with Crippen molar-refractivity contribution in [3.05, 3.63) is 39.6 Å². The largest absolute Gasteiger partial charge is 0.392 e. The Hall–Kier alpha value is -2.96. The van der Waals surface area contributed by atoms with Crippen LogP contribution in [0.25, 0.3) is 27.3 Å². The van der Waals surface area contributed by atoms with Crippen LogP contribution in [-0.2, 0) is 11.4 Å². The van der Waals surface area contributed by atoms with Gasteiger partial charge in [0.05, 0.1) is 17.7 Å². The van der Waals surface area contributed by atoms with E-state index < -0.39 is 0 Å². The number of carbonyl (C=O) groups excluding carboxylic acids is 1. The molecule has 3 heterocycles. The van der Waals surface area contributed by atoms with Crippen molar-refractivity contribution in [2.75, 3.05) is 12.4 Å². The number of halogens is 1. The highest BCUT2D eigenvalue weighted by molar-refractivity contribution is 9.10. The quantitative estimate of drug-likeness (QED) is 0.266. The third-order valence-electron chi connectivity index (χ3n) is 5.70. The molecule has 35 heavy (non-hydrogen) atoms. The fraction of sp³-hybridized carbons (Fsp3) is 0.391. The molecule has 12 heteroatoms. The number of nitrogens with one attached hydrogen (secondary N) is 2. The van der Waals surface area contributed by atoms with Crippen molar-refractivity contribution in [3.63, 3.8) is 0 Å². The maximum atomic E-state index is 11.5. The molecule has 0 bridgehead atoms. The van der Waals surface area contributed by atoms with Crippen LogP contribution in [0.5, 0.6) is 0 Å². The Kier molecular flexibility index (Phi) is 8.04. The number of aromatic nitrogens is 6. The second-order valence-electron chi connectivity index (χ2n) is 8.07. The van der Waals surface area contributed by atoms with Crippen LogP contribution in [0.2, 0.25) is 0 Å². The van der Waals surface area contributed by atoms with Crippen molar-refractivity contribution in [1.82, 2.24) is 35.3 Å². The van der Waals surface area contributed by atoms with Crippen molar-refractivity contribution >= 4 is 50.2 Å². The summed E-state index contributed by atoms with van der Waals surface area (Å²) in [6.45, 7) is 3.85. The zero-order valence-electron chi connectivity index (χ0n) is 19.7. The van der Waals surface area contributed by atoms with Gasteiger partial charge in [0.25, 0.3) is 0 Å². The van der Waals surface area contributed by atoms with Gasteiger partial charge in [-0.2, -0.15) is 10.1 Å². The predicted octanol–water partition coefficient (Wildman–Crippen LogP) is 4.00. The average molecular weight is 559 g/mol. The van der Waals surface area contributed by atoms with E-state index in [1.165, 1.54) is 11.3 Å². The summed E-state index contributed by atoms with van der Waals surface area (Å²) in [5.41, 5.74) is 2.97. The number of rotatable bonds is 10. The highest BCUT2D eigenvalue weighted by Gasteiger charge is 2.17. The lowest BCUT2D eigenvalue weighted by atomic mass is 10.1. The Balaban J connectivity index is 1.62. The number of anilines is 1. The molecule has 3 aromatic heterocycles. The first-order chi connectivity index (χ1) is 16.9. The van der Waals surface area contributed by atoms with Crippen LogP contribution in [0, 0.1) is 6.92 Å². The molecule has 0 aliphatic rings. The Morgan fingerprint density at radius 1 is 1.31 bits per heavy atom. The molecule has 0 radical (unpaired) electrons. The van der Waals surface area contributed by atoms with Crippen molar-refractivity contribution in [2.45, 2.75) is 52.2 Å². The first-order valence-electron chi connectivity index (χ1n) is 11.4. The van der Waals surface area contributed by atoms with Crippen LogP contribution in [0.1, 0.15) is 43.2 Å². The molecule has 1 amide bonds. The van der Waals surface area contributed by atoms with Gasteiger partial charge in [-0.1, -0.05) is 18.3 Å². The average Bonchev–Trinajstić information content (AvgIpc) is 3.45. The van der Waals surface area contributed by atoms with E-state index in [2.05, 4.69) is 53.8 Å². The minimum Gasteiger partial charge on any atom is -0.392 e. The summed E-state index contributed by atoms with van der Waals surface area (Å²) in [5.74, 6) is 0.544. The fourth-order valence-electron chi connectivity index (χ4n) is 3.77. The van der Waals surface area contributed by atoms with Crippen molar-refractivity contribution in [1.29, 1.82) is 0 Å². The molecule has 1 atom stereocenters. The molecule has 0 aliphatic carbocycles. The smallest absolute Gasteiger partial charge is 0.224 e. The number of amides is 1. The van der Waals surface area contributed by atoms with Crippen LogP contribution in [-0.4, -0.2) is 54.0 Å². The van der Waals surface area contributed by atoms with Gasteiger partial charge < -0.3 is 15.7 Å². The second kappa shape index (κ2) is 11.2. The zero-order valence-corrected chi connectivity index (χ0v) is 22.1. The molecule has 184 valence electrons. The van der Waals surface area contributed by atoms with E-state index in [0.29, 0.717) is 22.6 Å². The lowest BCUT2D eigenvalue weighted by Crippen LogP contribution is -2.22. The van der Waals surface area contributed by atoms with Crippen LogP contribution in [0.4, 0.5) is 5.95 Å². The van der Waals surface area contributed by atoms with Crippen LogP contribution in [0.15, 0.2) is 29.0 Å². The third-order valence-corrected chi connectivity index (χ3v) is 7.16. The van der Waals surface area contributed by atoms with Crippen molar-refractivity contribution in [2.24, 2.45) is 0 Å². The summed E-state index contributed by atoms with van der Waals surface area (Å²) < 4.78 is 2.36. The number of aryl methyl sites for hydroxylation is 1. The van der Waals surface area contributed by atoms with E-state index in [4.69, 9.17) is 4.98 Å². The summed E-state index contributed by atoms with van der Waals surface area (Å²) in [6.07, 6.45) is 4.72. The fourth-order valence-corrected chi connectivity index (χ4v) is 4.96. The molecule has 3 N–H and O–H groups in total. The number of aliphatic hydroxyl groups excluding tert-OH is 1. The summed E-state index contributed by atoms with van der Waals surface area (Å²) in [7, 11) is 1.65. The van der Waals surface area contributed by atoms with Gasteiger partial charge in [-0.3, -0.25) is 4.79 Å². The molecule has 10 nitrogen and oxygen atoms in total. The first kappa shape index (κ1) is 25.1. The van der Waals surface area contributed by atoms with Gasteiger partial charge in [0.2, 0.25) is 11.9 Å². The van der Waals surface area contributed by atoms with Crippen LogP contribution >= 0.6 is 27.3 Å². The highest BCUT2D eigenvalue weighted by atomic mass is 79.9. The highest BCUT2D eigenvalue weighted by Crippen LogP contribution is 2.31. The van der Waals surface area contributed by atoms with Gasteiger partial charge in [0.1, 0.15) is 14.6 Å². The number of hydrogen-bond acceptors (Lipinski definition) is 9. The second-order valence-corrected chi connectivity index (χ2v) is 10.0. The Labute approximate surface area is 215 Å². The van der Waals surface area contributed by atoms with E-state index in [-0.39, 0.29) is 18.6 Å². The van der Waals surface area contributed by atoms with Crippen LogP contribution < -0.4 is 10.6 Å². The number of carbonyl (C=O) groups is 1. The lowest BCUT2D eigenvalue weighted by Gasteiger charge is -2.16. The Morgan fingerprint density at radius 3 is 2.83 bits per heavy atom. The molecule has 0 spiro atoms. The minimum absolute atomic E-state index is 0.0424. The van der Waals surface area contributed by atoms with Crippen molar-refractivity contribution in [3.8, 4) is 16.3 Å². The molecule has 4 aromatic rings. The number of nitrogens with zero attached hydrogens (tertiary/aromatic N) is 6. The molecular weight excluding hydrogens is 532 g/mol. The van der Waals surface area contributed by atoms with Gasteiger partial charge in [-0.05, 0) is 65.9 Å². The number of hydrogen-bond donors (Lipinski definition) is 3. The summed E-state index contributed by atoms with van der Waals surface area (Å²) in [6, 6.07) is 5.87. The lowest BCUT2D eigenvalue weighted by molar-refractivity contribution is -0.120. The molecule has 0 unspecified atom stereocenters. The van der Waals surface area contributed by atoms with E-state index in [0.717, 1.165) is 51.5 Å².